The smallest absolute Gasteiger partial charge is 0.142 e. The Labute approximate surface area is 303 Å². The molecule has 52 heavy (non-hydrogen) atoms. The average Bonchev–Trinajstić information content (AvgIpc) is 3.89. The van der Waals surface area contributed by atoms with Gasteiger partial charge in [0.15, 0.2) is 0 Å². The second-order valence-electron chi connectivity index (χ2n) is 12.9. The van der Waals surface area contributed by atoms with Crippen molar-refractivity contribution in [2.45, 2.75) is 0 Å². The van der Waals surface area contributed by atoms with Gasteiger partial charge in [-0.15, -0.1) is 0 Å². The third kappa shape index (κ3) is 6.19. The standard InChI is InChI=1S/C50H34O2/c1-5-13-35(14-6-1)37-21-25-39(26-22-37)45-33-47(41-17-9-3-10-18-41)51-49(45)43-29-31-44(32-30-43)50-46(34-48(52-50)42-19-11-4-12-20-42)40-27-23-38(24-28-40)36-15-7-2-8-16-36/h1-34H. The molecule has 0 N–H and O–H groups in total. The maximum Gasteiger partial charge on any atom is 0.142 e. The van der Waals surface area contributed by atoms with Crippen LogP contribution in [0, 0.1) is 0 Å². The van der Waals surface area contributed by atoms with Crippen molar-refractivity contribution >= 4 is 0 Å². The quantitative estimate of drug-likeness (QED) is 0.161. The van der Waals surface area contributed by atoms with Crippen LogP contribution in [0.1, 0.15) is 0 Å². The second-order valence-corrected chi connectivity index (χ2v) is 12.9. The van der Waals surface area contributed by atoms with E-state index in [-0.39, 0.29) is 0 Å². The first-order chi connectivity index (χ1) is 25.8. The molecule has 246 valence electrons. The lowest BCUT2D eigenvalue weighted by Gasteiger charge is -2.08. The van der Waals surface area contributed by atoms with Crippen molar-refractivity contribution in [3.63, 3.8) is 0 Å². The minimum Gasteiger partial charge on any atom is -0.455 e. The Morgan fingerprint density at radius 3 is 0.788 bits per heavy atom. The summed E-state index contributed by atoms with van der Waals surface area (Å²) in [7, 11) is 0. The lowest BCUT2D eigenvalue weighted by molar-refractivity contribution is 0.596. The van der Waals surface area contributed by atoms with E-state index in [4.69, 9.17) is 8.83 Å². The molecule has 2 heteroatoms. The zero-order valence-corrected chi connectivity index (χ0v) is 28.4. The number of hydrogen-bond acceptors (Lipinski definition) is 2. The van der Waals surface area contributed by atoms with E-state index in [0.717, 1.165) is 67.5 Å². The van der Waals surface area contributed by atoms with Gasteiger partial charge in [-0.1, -0.05) is 194 Å². The topological polar surface area (TPSA) is 26.3 Å². The first kappa shape index (κ1) is 31.1. The van der Waals surface area contributed by atoms with E-state index in [2.05, 4.69) is 158 Å². The molecule has 2 nitrogen and oxygen atoms in total. The van der Waals surface area contributed by atoms with E-state index in [1.807, 2.05) is 48.5 Å². The van der Waals surface area contributed by atoms with Crippen LogP contribution in [0.3, 0.4) is 0 Å². The fraction of sp³-hybridized carbons (Fsp3) is 0. The fourth-order valence-electron chi connectivity index (χ4n) is 6.85. The molecule has 9 aromatic rings. The fourth-order valence-corrected chi connectivity index (χ4v) is 6.85. The van der Waals surface area contributed by atoms with Crippen molar-refractivity contribution in [3.05, 3.63) is 206 Å². The van der Waals surface area contributed by atoms with E-state index >= 15 is 0 Å². The van der Waals surface area contributed by atoms with Gasteiger partial charge >= 0.3 is 0 Å². The van der Waals surface area contributed by atoms with Crippen molar-refractivity contribution < 1.29 is 8.83 Å². The minimum atomic E-state index is 0.832. The van der Waals surface area contributed by atoms with Crippen LogP contribution in [-0.4, -0.2) is 0 Å². The molecule has 0 aliphatic rings. The Hall–Kier alpha value is -6.90. The van der Waals surface area contributed by atoms with Gasteiger partial charge in [0.25, 0.3) is 0 Å². The second kappa shape index (κ2) is 13.8. The normalized spacial score (nSPS) is 11.1. The van der Waals surface area contributed by atoms with E-state index in [9.17, 15) is 0 Å². The zero-order chi connectivity index (χ0) is 34.7. The molecule has 0 bridgehead atoms. The highest BCUT2D eigenvalue weighted by Crippen LogP contribution is 2.43. The molecule has 9 rings (SSSR count). The van der Waals surface area contributed by atoms with Crippen molar-refractivity contribution in [3.8, 4) is 89.8 Å². The molecule has 0 aliphatic heterocycles. The number of benzene rings is 7. The molecule has 0 radical (unpaired) electrons. The third-order valence-electron chi connectivity index (χ3n) is 9.60. The molecule has 0 fully saturated rings. The first-order valence-electron chi connectivity index (χ1n) is 17.6. The zero-order valence-electron chi connectivity index (χ0n) is 28.4. The van der Waals surface area contributed by atoms with Crippen LogP contribution in [0.25, 0.3) is 89.8 Å². The number of rotatable bonds is 8. The maximum absolute atomic E-state index is 6.68. The van der Waals surface area contributed by atoms with Gasteiger partial charge in [0.05, 0.1) is 0 Å². The lowest BCUT2D eigenvalue weighted by Crippen LogP contribution is -1.84. The van der Waals surface area contributed by atoms with Crippen molar-refractivity contribution in [2.75, 3.05) is 0 Å². The van der Waals surface area contributed by atoms with Gasteiger partial charge in [-0.05, 0) is 45.5 Å². The summed E-state index contributed by atoms with van der Waals surface area (Å²) in [4.78, 5) is 0. The largest absolute Gasteiger partial charge is 0.455 e. The lowest BCUT2D eigenvalue weighted by atomic mass is 9.96. The van der Waals surface area contributed by atoms with Gasteiger partial charge in [-0.3, -0.25) is 0 Å². The summed E-state index contributed by atoms with van der Waals surface area (Å²) in [6.45, 7) is 0. The molecule has 0 saturated heterocycles. The predicted octanol–water partition coefficient (Wildman–Crippen LogP) is 14.2. The van der Waals surface area contributed by atoms with Gasteiger partial charge < -0.3 is 8.83 Å². The van der Waals surface area contributed by atoms with E-state index in [0.29, 0.717) is 0 Å². The summed E-state index contributed by atoms with van der Waals surface area (Å²) in [6.07, 6.45) is 0. The summed E-state index contributed by atoms with van der Waals surface area (Å²) in [5.74, 6) is 3.33. The van der Waals surface area contributed by atoms with Gasteiger partial charge in [0.2, 0.25) is 0 Å². The number of furan rings is 2. The Morgan fingerprint density at radius 2 is 0.462 bits per heavy atom. The molecule has 2 heterocycles. The average molecular weight is 667 g/mol. The van der Waals surface area contributed by atoms with Gasteiger partial charge in [-0.25, -0.2) is 0 Å². The Bertz CT molecular complexity index is 2360. The van der Waals surface area contributed by atoms with Crippen LogP contribution in [0.2, 0.25) is 0 Å². The predicted molar refractivity (Wildman–Crippen MR) is 214 cm³/mol. The summed E-state index contributed by atoms with van der Waals surface area (Å²) in [6, 6.07) is 71.8. The summed E-state index contributed by atoms with van der Waals surface area (Å²) >= 11 is 0. The maximum atomic E-state index is 6.68. The van der Waals surface area contributed by atoms with Crippen LogP contribution in [0.4, 0.5) is 0 Å². The highest BCUT2D eigenvalue weighted by Gasteiger charge is 2.20. The molecule has 0 spiro atoms. The molecule has 2 aromatic heterocycles. The number of hydrogen-bond donors (Lipinski definition) is 0. The third-order valence-corrected chi connectivity index (χ3v) is 9.60. The monoisotopic (exact) mass is 666 g/mol. The molecule has 0 saturated carbocycles. The van der Waals surface area contributed by atoms with Gasteiger partial charge in [0.1, 0.15) is 23.0 Å². The summed E-state index contributed by atoms with van der Waals surface area (Å²) < 4.78 is 13.4. The highest BCUT2D eigenvalue weighted by atomic mass is 16.3. The van der Waals surface area contributed by atoms with E-state index in [1.165, 1.54) is 22.3 Å². The molecule has 0 unspecified atom stereocenters. The Morgan fingerprint density at radius 1 is 0.212 bits per heavy atom. The first-order valence-corrected chi connectivity index (χ1v) is 17.6. The van der Waals surface area contributed by atoms with Crippen molar-refractivity contribution in [1.82, 2.24) is 0 Å². The molecular formula is C50H34O2. The van der Waals surface area contributed by atoms with Crippen molar-refractivity contribution in [2.24, 2.45) is 0 Å². The molecule has 0 amide bonds. The van der Waals surface area contributed by atoms with E-state index < -0.39 is 0 Å². The van der Waals surface area contributed by atoms with Crippen LogP contribution >= 0.6 is 0 Å². The van der Waals surface area contributed by atoms with Crippen LogP contribution in [0.5, 0.6) is 0 Å². The SMILES string of the molecule is c1ccc(-c2ccc(-c3cc(-c4ccccc4)oc3-c3ccc(-c4oc(-c5ccccc5)cc4-c4ccc(-c5ccccc5)cc4)cc3)cc2)cc1. The van der Waals surface area contributed by atoms with Gasteiger partial charge in [0, 0.05) is 33.4 Å². The highest BCUT2D eigenvalue weighted by molar-refractivity contribution is 5.88. The summed E-state index contributed by atoms with van der Waals surface area (Å²) in [5.41, 5.74) is 13.1. The molecule has 0 atom stereocenters. The van der Waals surface area contributed by atoms with Crippen LogP contribution < -0.4 is 0 Å². The van der Waals surface area contributed by atoms with Crippen LogP contribution in [-0.2, 0) is 0 Å². The molecular weight excluding hydrogens is 633 g/mol. The van der Waals surface area contributed by atoms with E-state index in [1.54, 1.807) is 0 Å². The van der Waals surface area contributed by atoms with Crippen LogP contribution in [0.15, 0.2) is 215 Å². The van der Waals surface area contributed by atoms with Gasteiger partial charge in [-0.2, -0.15) is 0 Å². The molecule has 7 aromatic carbocycles. The molecule has 0 aliphatic carbocycles. The Kier molecular flexibility index (Phi) is 8.24. The minimum absolute atomic E-state index is 0.832. The van der Waals surface area contributed by atoms with Crippen molar-refractivity contribution in [1.29, 1.82) is 0 Å². The summed E-state index contributed by atoms with van der Waals surface area (Å²) in [5, 5.41) is 0. The Balaban J connectivity index is 1.10.